The third kappa shape index (κ3) is 3.25. The van der Waals surface area contributed by atoms with E-state index in [-0.39, 0.29) is 24.8 Å². The quantitative estimate of drug-likeness (QED) is 0.360. The average Bonchev–Trinajstić information content (AvgIpc) is 2.28. The van der Waals surface area contributed by atoms with Crippen molar-refractivity contribution in [3.8, 4) is 0 Å². The van der Waals surface area contributed by atoms with Gasteiger partial charge < -0.3 is 5.32 Å². The highest BCUT2D eigenvalue weighted by Crippen LogP contribution is 2.08. The summed E-state index contributed by atoms with van der Waals surface area (Å²) >= 11 is 0. The predicted molar refractivity (Wildman–Crippen MR) is 57.5 cm³/mol. The Labute approximate surface area is 91.9 Å². The topological polar surface area (TPSA) is 77.9 Å². The van der Waals surface area contributed by atoms with Crippen LogP contribution in [0.25, 0.3) is 10.4 Å². The fourth-order valence-electron chi connectivity index (χ4n) is 1.15. The zero-order chi connectivity index (χ0) is 12.0. The predicted octanol–water partition coefficient (Wildman–Crippen LogP) is 2.17. The Hall–Kier alpha value is -2.07. The summed E-state index contributed by atoms with van der Waals surface area (Å²) in [6, 6.07) is 4.13. The SMILES string of the molecule is Cc1cc(C(=O)NCCN=[N+]=[N-])ccc1F. The van der Waals surface area contributed by atoms with Crippen molar-refractivity contribution in [2.24, 2.45) is 5.11 Å². The summed E-state index contributed by atoms with van der Waals surface area (Å²) in [5.41, 5.74) is 8.83. The van der Waals surface area contributed by atoms with Crippen LogP contribution >= 0.6 is 0 Å². The first kappa shape index (κ1) is 12.0. The number of amides is 1. The molecule has 0 radical (unpaired) electrons. The smallest absolute Gasteiger partial charge is 0.251 e. The Morgan fingerprint density at radius 2 is 2.38 bits per heavy atom. The zero-order valence-corrected chi connectivity index (χ0v) is 8.77. The summed E-state index contributed by atoms with van der Waals surface area (Å²) in [4.78, 5) is 14.1. The Morgan fingerprint density at radius 1 is 1.62 bits per heavy atom. The van der Waals surface area contributed by atoms with Crippen molar-refractivity contribution in [3.05, 3.63) is 45.6 Å². The van der Waals surface area contributed by atoms with Crippen molar-refractivity contribution in [2.45, 2.75) is 6.92 Å². The van der Waals surface area contributed by atoms with E-state index >= 15 is 0 Å². The fraction of sp³-hybridized carbons (Fsp3) is 0.300. The average molecular weight is 222 g/mol. The van der Waals surface area contributed by atoms with Gasteiger partial charge in [0, 0.05) is 23.6 Å². The van der Waals surface area contributed by atoms with E-state index in [9.17, 15) is 9.18 Å². The molecule has 0 spiro atoms. The molecule has 16 heavy (non-hydrogen) atoms. The van der Waals surface area contributed by atoms with Crippen molar-refractivity contribution in [1.29, 1.82) is 0 Å². The minimum absolute atomic E-state index is 0.197. The van der Waals surface area contributed by atoms with E-state index in [0.717, 1.165) is 0 Å². The molecule has 1 aromatic rings. The maximum atomic E-state index is 12.9. The van der Waals surface area contributed by atoms with Gasteiger partial charge in [-0.2, -0.15) is 0 Å². The van der Waals surface area contributed by atoms with Crippen LogP contribution in [0.2, 0.25) is 0 Å². The molecule has 0 saturated carbocycles. The first-order valence-electron chi connectivity index (χ1n) is 4.70. The molecule has 0 atom stereocenters. The molecule has 0 unspecified atom stereocenters. The van der Waals surface area contributed by atoms with Crippen molar-refractivity contribution >= 4 is 5.91 Å². The van der Waals surface area contributed by atoms with Crippen molar-refractivity contribution < 1.29 is 9.18 Å². The highest BCUT2D eigenvalue weighted by molar-refractivity contribution is 5.94. The minimum atomic E-state index is -0.342. The van der Waals surface area contributed by atoms with Gasteiger partial charge in [0.25, 0.3) is 5.91 Å². The Morgan fingerprint density at radius 3 is 3.00 bits per heavy atom. The lowest BCUT2D eigenvalue weighted by molar-refractivity contribution is 0.0954. The number of halogens is 1. The molecule has 1 amide bonds. The summed E-state index contributed by atoms with van der Waals surface area (Å²) in [5.74, 6) is -0.651. The molecule has 0 heterocycles. The van der Waals surface area contributed by atoms with Gasteiger partial charge in [-0.1, -0.05) is 5.11 Å². The van der Waals surface area contributed by atoms with Crippen molar-refractivity contribution in [3.63, 3.8) is 0 Å². The van der Waals surface area contributed by atoms with E-state index < -0.39 is 0 Å². The van der Waals surface area contributed by atoms with E-state index in [1.165, 1.54) is 18.2 Å². The highest BCUT2D eigenvalue weighted by Gasteiger charge is 2.06. The molecular formula is C10H11FN4O. The van der Waals surface area contributed by atoms with Gasteiger partial charge in [0.1, 0.15) is 5.82 Å². The molecule has 0 fully saturated rings. The van der Waals surface area contributed by atoms with Crippen LogP contribution in [0.3, 0.4) is 0 Å². The second kappa shape index (κ2) is 5.72. The minimum Gasteiger partial charge on any atom is -0.352 e. The number of azide groups is 1. The van der Waals surface area contributed by atoms with Crippen LogP contribution in [0, 0.1) is 12.7 Å². The molecule has 1 aromatic carbocycles. The molecule has 0 aliphatic rings. The van der Waals surface area contributed by atoms with E-state index in [4.69, 9.17) is 5.53 Å². The summed E-state index contributed by atoms with van der Waals surface area (Å²) in [5, 5.41) is 5.83. The highest BCUT2D eigenvalue weighted by atomic mass is 19.1. The van der Waals surface area contributed by atoms with E-state index in [0.29, 0.717) is 11.1 Å². The van der Waals surface area contributed by atoms with E-state index in [1.807, 2.05) is 0 Å². The molecule has 0 bridgehead atoms. The largest absolute Gasteiger partial charge is 0.352 e. The van der Waals surface area contributed by atoms with Gasteiger partial charge in [-0.3, -0.25) is 4.79 Å². The van der Waals surface area contributed by atoms with Crippen LogP contribution in [0.15, 0.2) is 23.3 Å². The van der Waals surface area contributed by atoms with E-state index in [1.54, 1.807) is 6.92 Å². The molecule has 1 N–H and O–H groups in total. The molecule has 0 aliphatic carbocycles. The van der Waals surface area contributed by atoms with Gasteiger partial charge in [-0.15, -0.1) is 0 Å². The molecule has 0 saturated heterocycles. The standard InChI is InChI=1S/C10H11FN4O/c1-7-6-8(2-3-9(7)11)10(16)13-4-5-14-15-12/h2-3,6H,4-5H2,1H3,(H,13,16). The van der Waals surface area contributed by atoms with Crippen LogP contribution in [-0.4, -0.2) is 19.0 Å². The monoisotopic (exact) mass is 222 g/mol. The number of nitrogens with one attached hydrogen (secondary N) is 1. The lowest BCUT2D eigenvalue weighted by Gasteiger charge is -2.04. The van der Waals surface area contributed by atoms with Crippen LogP contribution in [0.1, 0.15) is 15.9 Å². The summed E-state index contributed by atoms with van der Waals surface area (Å²) in [6.45, 7) is 2.05. The Bertz CT molecular complexity index is 440. The molecular weight excluding hydrogens is 211 g/mol. The molecule has 0 aromatic heterocycles. The van der Waals surface area contributed by atoms with Crippen LogP contribution < -0.4 is 5.32 Å². The first-order chi connectivity index (χ1) is 7.65. The van der Waals surface area contributed by atoms with Crippen LogP contribution in [-0.2, 0) is 0 Å². The number of hydrogen-bond donors (Lipinski definition) is 1. The summed E-state index contributed by atoms with van der Waals surface area (Å²) in [6.07, 6.45) is 0. The van der Waals surface area contributed by atoms with Gasteiger partial charge in [0.05, 0.1) is 0 Å². The fourth-order valence-corrected chi connectivity index (χ4v) is 1.15. The van der Waals surface area contributed by atoms with Gasteiger partial charge in [0.15, 0.2) is 0 Å². The van der Waals surface area contributed by atoms with Gasteiger partial charge in [0.2, 0.25) is 0 Å². The zero-order valence-electron chi connectivity index (χ0n) is 8.77. The Kier molecular flexibility index (Phi) is 4.29. The third-order valence-electron chi connectivity index (χ3n) is 1.98. The van der Waals surface area contributed by atoms with Crippen LogP contribution in [0.5, 0.6) is 0 Å². The normalized spacial score (nSPS) is 9.38. The van der Waals surface area contributed by atoms with Gasteiger partial charge >= 0.3 is 0 Å². The number of carbonyl (C=O) groups is 1. The number of carbonyl (C=O) groups excluding carboxylic acids is 1. The maximum Gasteiger partial charge on any atom is 0.251 e. The molecule has 84 valence electrons. The summed E-state index contributed by atoms with van der Waals surface area (Å²) in [7, 11) is 0. The number of nitrogens with zero attached hydrogens (tertiary/aromatic N) is 3. The molecule has 5 nitrogen and oxygen atoms in total. The Balaban J connectivity index is 2.59. The lowest BCUT2D eigenvalue weighted by atomic mass is 10.1. The number of rotatable bonds is 4. The second-order valence-corrected chi connectivity index (χ2v) is 3.17. The lowest BCUT2D eigenvalue weighted by Crippen LogP contribution is -2.25. The second-order valence-electron chi connectivity index (χ2n) is 3.17. The van der Waals surface area contributed by atoms with Gasteiger partial charge in [-0.25, -0.2) is 4.39 Å². The number of aryl methyl sites for hydroxylation is 1. The molecule has 0 aliphatic heterocycles. The molecule has 6 heteroatoms. The van der Waals surface area contributed by atoms with Crippen molar-refractivity contribution in [1.82, 2.24) is 5.32 Å². The van der Waals surface area contributed by atoms with Crippen molar-refractivity contribution in [2.75, 3.05) is 13.1 Å². The van der Waals surface area contributed by atoms with Crippen LogP contribution in [0.4, 0.5) is 4.39 Å². The third-order valence-corrected chi connectivity index (χ3v) is 1.98. The summed E-state index contributed by atoms with van der Waals surface area (Å²) < 4.78 is 12.9. The maximum absolute atomic E-state index is 12.9. The molecule has 1 rings (SSSR count). The number of benzene rings is 1. The van der Waals surface area contributed by atoms with Gasteiger partial charge in [-0.05, 0) is 36.2 Å². The number of hydrogen-bond acceptors (Lipinski definition) is 2. The first-order valence-corrected chi connectivity index (χ1v) is 4.70. The van der Waals surface area contributed by atoms with E-state index in [2.05, 4.69) is 15.3 Å².